The average molecular weight is 528 g/mol. The number of rotatable bonds is 4. The van der Waals surface area contributed by atoms with Gasteiger partial charge in [-0.05, 0) is 92.4 Å². The number of allylic oxidation sites excluding steroid dienone is 5. The van der Waals surface area contributed by atoms with Crippen LogP contribution in [0.2, 0.25) is 0 Å². The van der Waals surface area contributed by atoms with Gasteiger partial charge in [0.25, 0.3) is 0 Å². The van der Waals surface area contributed by atoms with Crippen molar-refractivity contribution in [3.05, 3.63) is 34.9 Å². The van der Waals surface area contributed by atoms with E-state index in [0.717, 1.165) is 36.8 Å². The summed E-state index contributed by atoms with van der Waals surface area (Å²) in [6.45, 7) is 16.0. The molecule has 0 amide bonds. The van der Waals surface area contributed by atoms with Crippen LogP contribution < -0.4 is 5.73 Å². The van der Waals surface area contributed by atoms with E-state index in [1.807, 2.05) is 32.1 Å². The summed E-state index contributed by atoms with van der Waals surface area (Å²) in [5.41, 5.74) is 8.61. The Morgan fingerprint density at radius 3 is 2.26 bits per heavy atom. The molecule has 11 atom stereocenters. The molecule has 212 valence electrons. The maximum absolute atomic E-state index is 13.1. The number of carbonyl (C=O) groups excluding carboxylic acids is 2. The van der Waals surface area contributed by atoms with Crippen molar-refractivity contribution < 1.29 is 24.5 Å². The van der Waals surface area contributed by atoms with E-state index in [-0.39, 0.29) is 51.9 Å². The zero-order valence-corrected chi connectivity index (χ0v) is 24.6. The largest absolute Gasteiger partial charge is 0.458 e. The zero-order valence-electron chi connectivity index (χ0n) is 24.6. The molecule has 6 nitrogen and oxygen atoms in total. The van der Waals surface area contributed by atoms with Gasteiger partial charge in [-0.15, -0.1) is 0 Å². The third kappa shape index (κ3) is 4.26. The third-order valence-electron chi connectivity index (χ3n) is 11.5. The van der Waals surface area contributed by atoms with Crippen LogP contribution in [0.15, 0.2) is 34.9 Å². The number of aliphatic hydroxyl groups is 2. The summed E-state index contributed by atoms with van der Waals surface area (Å²) < 4.78 is 5.94. The topological polar surface area (TPSA) is 110 Å². The van der Waals surface area contributed by atoms with E-state index >= 15 is 0 Å². The summed E-state index contributed by atoms with van der Waals surface area (Å²) in [6, 6.07) is -0.599. The van der Waals surface area contributed by atoms with E-state index in [0.29, 0.717) is 17.9 Å². The van der Waals surface area contributed by atoms with Gasteiger partial charge in [0.15, 0.2) is 5.78 Å². The van der Waals surface area contributed by atoms with E-state index in [1.54, 1.807) is 6.92 Å². The van der Waals surface area contributed by atoms with Crippen molar-refractivity contribution in [2.45, 2.75) is 112 Å². The standard InChI is InChI=1S/C32H49NO5/c1-17(2)10-9-11-21(19(4)34)25-24(38-20(5)35)16-32(8)26(25)27(33)28(37)29-30(6)14-13-23(36)18(3)22(30)12-15-31(29,32)7/h9-11,18,22-24,26-29,36-37H,12-16,33H2,1-8H3/b11-9-,25-21+/t18-,22-,23+,24-,26+,27+,28+,29-,30-,31-,32-/m0/s1. The Hall–Kier alpha value is -1.76. The molecular formula is C32H49NO5. The van der Waals surface area contributed by atoms with Crippen molar-refractivity contribution >= 4 is 11.8 Å². The smallest absolute Gasteiger partial charge is 0.303 e. The van der Waals surface area contributed by atoms with Crippen LogP contribution in [0.4, 0.5) is 0 Å². The Morgan fingerprint density at radius 2 is 1.68 bits per heavy atom. The summed E-state index contributed by atoms with van der Waals surface area (Å²) in [5.74, 6) is -0.354. The highest BCUT2D eigenvalue weighted by molar-refractivity contribution is 5.97. The molecule has 0 aromatic rings. The fraction of sp³-hybridized carbons (Fsp3) is 0.750. The van der Waals surface area contributed by atoms with Crippen LogP contribution >= 0.6 is 0 Å². The van der Waals surface area contributed by atoms with Crippen LogP contribution in [0.25, 0.3) is 0 Å². The highest BCUT2D eigenvalue weighted by atomic mass is 16.5. The predicted molar refractivity (Wildman–Crippen MR) is 149 cm³/mol. The van der Waals surface area contributed by atoms with Crippen molar-refractivity contribution in [2.24, 2.45) is 45.7 Å². The van der Waals surface area contributed by atoms with Crippen molar-refractivity contribution in [1.82, 2.24) is 0 Å². The second-order valence-corrected chi connectivity index (χ2v) is 13.8. The minimum absolute atomic E-state index is 0.0562. The van der Waals surface area contributed by atoms with Crippen molar-refractivity contribution in [3.8, 4) is 0 Å². The van der Waals surface area contributed by atoms with Crippen LogP contribution in [-0.4, -0.2) is 46.3 Å². The number of Topliss-reactive ketones (excluding diaryl/α,β-unsaturated/α-hetero) is 1. The highest BCUT2D eigenvalue weighted by Crippen LogP contribution is 2.74. The molecule has 0 saturated heterocycles. The minimum atomic E-state index is -0.769. The van der Waals surface area contributed by atoms with Gasteiger partial charge in [-0.1, -0.05) is 51.5 Å². The SMILES string of the molecule is CC(=O)O[C@H]1C[C@@]2(C)[C@H](/C1=C(\C=C/C=C(C)C)C(C)=O)[C@@H](N)[C@@H](O)[C@H]1[C@@]3(C)CC[C@@H](O)[C@@H](C)[C@@H]3CC[C@@]12C. The number of fused-ring (bicyclic) bond motifs is 5. The highest BCUT2D eigenvalue weighted by Gasteiger charge is 2.72. The zero-order chi connectivity index (χ0) is 28.4. The first-order valence-electron chi connectivity index (χ1n) is 14.5. The normalized spacial score (nSPS) is 47.6. The summed E-state index contributed by atoms with van der Waals surface area (Å²) in [7, 11) is 0. The molecule has 4 aliphatic carbocycles. The third-order valence-corrected chi connectivity index (χ3v) is 11.5. The number of carbonyl (C=O) groups is 2. The van der Waals surface area contributed by atoms with E-state index < -0.39 is 18.2 Å². The van der Waals surface area contributed by atoms with Crippen molar-refractivity contribution in [1.29, 1.82) is 0 Å². The van der Waals surface area contributed by atoms with Crippen LogP contribution in [-0.2, 0) is 14.3 Å². The number of hydrogen-bond acceptors (Lipinski definition) is 6. The van der Waals surface area contributed by atoms with Gasteiger partial charge in [-0.25, -0.2) is 0 Å². The summed E-state index contributed by atoms with van der Waals surface area (Å²) >= 11 is 0. The lowest BCUT2D eigenvalue weighted by Crippen LogP contribution is -2.71. The van der Waals surface area contributed by atoms with E-state index in [9.17, 15) is 19.8 Å². The van der Waals surface area contributed by atoms with Crippen molar-refractivity contribution in [3.63, 3.8) is 0 Å². The number of hydrogen-bond donors (Lipinski definition) is 3. The molecule has 4 fully saturated rings. The Balaban J connectivity index is 1.91. The van der Waals surface area contributed by atoms with Crippen LogP contribution in [0.3, 0.4) is 0 Å². The van der Waals surface area contributed by atoms with Crippen LogP contribution in [0, 0.1) is 39.9 Å². The van der Waals surface area contributed by atoms with E-state index in [2.05, 4.69) is 27.7 Å². The van der Waals surface area contributed by atoms with Crippen LogP contribution in [0.5, 0.6) is 0 Å². The molecule has 4 N–H and O–H groups in total. The van der Waals surface area contributed by atoms with Gasteiger partial charge < -0.3 is 20.7 Å². The first kappa shape index (κ1) is 29.2. The van der Waals surface area contributed by atoms with Crippen LogP contribution in [0.1, 0.15) is 87.5 Å². The molecule has 4 aliphatic rings. The molecule has 4 saturated carbocycles. The molecule has 0 spiro atoms. The van der Waals surface area contributed by atoms with Gasteiger partial charge in [0.05, 0.1) is 12.2 Å². The molecule has 0 aliphatic heterocycles. The second kappa shape index (κ2) is 10.0. The fourth-order valence-electron chi connectivity index (χ4n) is 9.71. The Morgan fingerprint density at radius 1 is 1.03 bits per heavy atom. The van der Waals surface area contributed by atoms with Gasteiger partial charge in [-0.3, -0.25) is 9.59 Å². The van der Waals surface area contributed by atoms with Gasteiger partial charge >= 0.3 is 5.97 Å². The lowest BCUT2D eigenvalue weighted by molar-refractivity contribution is -0.239. The summed E-state index contributed by atoms with van der Waals surface area (Å²) in [6.07, 6.45) is 8.03. The molecule has 38 heavy (non-hydrogen) atoms. The monoisotopic (exact) mass is 527 g/mol. The molecule has 0 aromatic heterocycles. The summed E-state index contributed by atoms with van der Waals surface area (Å²) in [4.78, 5) is 25.4. The van der Waals surface area contributed by atoms with E-state index in [1.165, 1.54) is 6.92 Å². The fourth-order valence-corrected chi connectivity index (χ4v) is 9.71. The maximum atomic E-state index is 13.1. The quantitative estimate of drug-likeness (QED) is 0.273. The first-order valence-corrected chi connectivity index (χ1v) is 14.5. The Bertz CT molecular complexity index is 1070. The lowest BCUT2D eigenvalue weighted by atomic mass is 9.36. The molecular weight excluding hydrogens is 478 g/mol. The second-order valence-electron chi connectivity index (χ2n) is 13.8. The first-order chi connectivity index (χ1) is 17.6. The Kier molecular flexibility index (Phi) is 7.70. The molecule has 0 unspecified atom stereocenters. The van der Waals surface area contributed by atoms with E-state index in [4.69, 9.17) is 10.5 Å². The molecule has 0 radical (unpaired) electrons. The number of esters is 1. The lowest BCUT2D eigenvalue weighted by Gasteiger charge is -2.70. The average Bonchev–Trinajstić information content (AvgIpc) is 3.10. The van der Waals surface area contributed by atoms with Gasteiger partial charge in [0.2, 0.25) is 0 Å². The molecule has 0 heterocycles. The number of aliphatic hydroxyl groups excluding tert-OH is 2. The number of nitrogens with two attached hydrogens (primary N) is 1. The van der Waals surface area contributed by atoms with Gasteiger partial charge in [0, 0.05) is 24.5 Å². The number of ketones is 1. The number of ether oxygens (including phenoxy) is 1. The molecule has 6 heteroatoms. The van der Waals surface area contributed by atoms with Gasteiger partial charge in [0.1, 0.15) is 6.10 Å². The maximum Gasteiger partial charge on any atom is 0.303 e. The Labute approximate surface area is 228 Å². The van der Waals surface area contributed by atoms with Crippen molar-refractivity contribution in [2.75, 3.05) is 0 Å². The molecule has 0 aromatic carbocycles. The minimum Gasteiger partial charge on any atom is -0.458 e. The predicted octanol–water partition coefficient (Wildman–Crippen LogP) is 4.88. The van der Waals surface area contributed by atoms with Gasteiger partial charge in [-0.2, -0.15) is 0 Å². The summed E-state index contributed by atoms with van der Waals surface area (Å²) in [5, 5.41) is 22.8. The molecule has 0 bridgehead atoms. The molecule has 4 rings (SSSR count).